The van der Waals surface area contributed by atoms with E-state index in [1.807, 2.05) is 6.07 Å². The summed E-state index contributed by atoms with van der Waals surface area (Å²) in [6, 6.07) is 6.44. The number of rotatable bonds is 7. The molecule has 0 bridgehead atoms. The maximum atomic E-state index is 12.6. The summed E-state index contributed by atoms with van der Waals surface area (Å²) in [4.78, 5) is 17.0. The number of aromatic nitrogens is 1. The van der Waals surface area contributed by atoms with Crippen LogP contribution in [0.4, 0.5) is 18.9 Å². The van der Waals surface area contributed by atoms with Gasteiger partial charge in [-0.1, -0.05) is 0 Å². The number of carbonyl (C=O) groups is 1. The molecule has 1 aromatic carbocycles. The van der Waals surface area contributed by atoms with Gasteiger partial charge in [0.25, 0.3) is 0 Å². The zero-order valence-corrected chi connectivity index (χ0v) is 15.6. The molecule has 1 saturated heterocycles. The minimum absolute atomic E-state index is 0.0533. The van der Waals surface area contributed by atoms with Crippen LogP contribution in [-0.2, 0) is 22.3 Å². The largest absolute Gasteiger partial charge is 0.489 e. The normalized spacial score (nSPS) is 17.2. The lowest BCUT2D eigenvalue weighted by atomic mass is 10.1. The van der Waals surface area contributed by atoms with Gasteiger partial charge < -0.3 is 19.5 Å². The van der Waals surface area contributed by atoms with E-state index in [2.05, 4.69) is 9.88 Å². The van der Waals surface area contributed by atoms with Crippen molar-refractivity contribution >= 4 is 11.7 Å². The molecule has 1 fully saturated rings. The minimum atomic E-state index is -4.38. The van der Waals surface area contributed by atoms with Crippen molar-refractivity contribution in [2.45, 2.75) is 31.7 Å². The van der Waals surface area contributed by atoms with Crippen molar-refractivity contribution in [3.05, 3.63) is 53.9 Å². The quantitative estimate of drug-likeness (QED) is 0.750. The summed E-state index contributed by atoms with van der Waals surface area (Å²) in [5, 5.41) is 8.82. The molecular weight excluding hydrogens is 389 g/mol. The molecule has 0 amide bonds. The van der Waals surface area contributed by atoms with Crippen LogP contribution in [0.25, 0.3) is 0 Å². The third kappa shape index (κ3) is 6.08. The lowest BCUT2D eigenvalue weighted by molar-refractivity contribution is -0.138. The molecule has 29 heavy (non-hydrogen) atoms. The van der Waals surface area contributed by atoms with Crippen LogP contribution in [0.5, 0.6) is 5.75 Å². The summed E-state index contributed by atoms with van der Waals surface area (Å²) in [7, 11) is 0. The molecule has 0 spiro atoms. The highest BCUT2D eigenvalue weighted by Gasteiger charge is 2.30. The van der Waals surface area contributed by atoms with Crippen molar-refractivity contribution in [2.75, 3.05) is 24.6 Å². The summed E-state index contributed by atoms with van der Waals surface area (Å²) in [6.45, 7) is 1.89. The number of carboxylic acids is 1. The Morgan fingerprint density at radius 1 is 1.28 bits per heavy atom. The van der Waals surface area contributed by atoms with E-state index in [9.17, 15) is 18.0 Å². The summed E-state index contributed by atoms with van der Waals surface area (Å²) >= 11 is 0. The van der Waals surface area contributed by atoms with Crippen LogP contribution in [0.2, 0.25) is 0 Å². The van der Waals surface area contributed by atoms with E-state index in [0.29, 0.717) is 31.9 Å². The Kier molecular flexibility index (Phi) is 6.58. The minimum Gasteiger partial charge on any atom is -0.489 e. The van der Waals surface area contributed by atoms with Gasteiger partial charge in [0.2, 0.25) is 0 Å². The molecule has 0 saturated carbocycles. The molecule has 9 heteroatoms. The van der Waals surface area contributed by atoms with E-state index >= 15 is 0 Å². The molecule has 1 atom stereocenters. The number of hydrogen-bond acceptors (Lipinski definition) is 5. The van der Waals surface area contributed by atoms with Crippen molar-refractivity contribution in [2.24, 2.45) is 0 Å². The number of halogens is 3. The summed E-state index contributed by atoms with van der Waals surface area (Å²) < 4.78 is 49.0. The second-order valence-corrected chi connectivity index (χ2v) is 6.73. The smallest absolute Gasteiger partial charge is 0.416 e. The van der Waals surface area contributed by atoms with Crippen LogP contribution in [-0.4, -0.2) is 41.9 Å². The zero-order valence-electron chi connectivity index (χ0n) is 15.6. The number of ether oxygens (including phenoxy) is 2. The van der Waals surface area contributed by atoms with Gasteiger partial charge in [0.1, 0.15) is 12.4 Å². The SMILES string of the molecule is O=C(O)CC[C@H]1CN(c2cncc(COc3ccc(C(F)(F)F)cc3)c2)CCO1. The lowest BCUT2D eigenvalue weighted by Crippen LogP contribution is -2.42. The van der Waals surface area contributed by atoms with Crippen LogP contribution in [0.3, 0.4) is 0 Å². The molecule has 1 N–H and O–H groups in total. The van der Waals surface area contributed by atoms with Crippen LogP contribution in [0.1, 0.15) is 24.0 Å². The highest BCUT2D eigenvalue weighted by molar-refractivity contribution is 5.66. The fraction of sp³-hybridized carbons (Fsp3) is 0.400. The van der Waals surface area contributed by atoms with Crippen molar-refractivity contribution in [1.82, 2.24) is 4.98 Å². The Morgan fingerprint density at radius 3 is 2.72 bits per heavy atom. The summed E-state index contributed by atoms with van der Waals surface area (Å²) in [5.74, 6) is -0.515. The fourth-order valence-corrected chi connectivity index (χ4v) is 3.05. The molecule has 2 heterocycles. The summed E-state index contributed by atoms with van der Waals surface area (Å²) in [5.41, 5.74) is 0.913. The average molecular weight is 410 g/mol. The number of anilines is 1. The number of pyridine rings is 1. The molecule has 3 rings (SSSR count). The van der Waals surface area contributed by atoms with E-state index in [0.717, 1.165) is 23.4 Å². The van der Waals surface area contributed by atoms with Gasteiger partial charge in [0, 0.05) is 31.3 Å². The second kappa shape index (κ2) is 9.13. The first kappa shape index (κ1) is 20.9. The first-order chi connectivity index (χ1) is 13.8. The molecule has 156 valence electrons. The van der Waals surface area contributed by atoms with Gasteiger partial charge in [-0.25, -0.2) is 0 Å². The maximum Gasteiger partial charge on any atom is 0.416 e. The molecule has 1 aliphatic heterocycles. The van der Waals surface area contributed by atoms with Crippen molar-refractivity contribution in [1.29, 1.82) is 0 Å². The lowest BCUT2D eigenvalue weighted by Gasteiger charge is -2.34. The third-order valence-corrected chi connectivity index (χ3v) is 4.55. The monoisotopic (exact) mass is 410 g/mol. The highest BCUT2D eigenvalue weighted by atomic mass is 19.4. The van der Waals surface area contributed by atoms with Gasteiger partial charge in [0.15, 0.2) is 0 Å². The van der Waals surface area contributed by atoms with Gasteiger partial charge in [-0.05, 0) is 36.8 Å². The summed E-state index contributed by atoms with van der Waals surface area (Å²) in [6.07, 6.45) is -0.700. The van der Waals surface area contributed by atoms with Gasteiger partial charge in [-0.3, -0.25) is 9.78 Å². The molecule has 0 unspecified atom stereocenters. The predicted octanol–water partition coefficient (Wildman–Crippen LogP) is 3.75. The van der Waals surface area contributed by atoms with Crippen LogP contribution < -0.4 is 9.64 Å². The molecule has 0 radical (unpaired) electrons. The standard InChI is InChI=1S/C20H21F3N2O4/c21-20(22,23)15-1-3-17(4-2-15)29-13-14-9-16(11-24-10-14)25-7-8-28-18(12-25)5-6-19(26)27/h1-4,9-11,18H,5-8,12-13H2,(H,26,27)/t18-/m0/s1. The van der Waals surface area contributed by atoms with Crippen molar-refractivity contribution < 1.29 is 32.5 Å². The fourth-order valence-electron chi connectivity index (χ4n) is 3.05. The molecule has 0 aliphatic carbocycles. The number of nitrogens with zero attached hydrogens (tertiary/aromatic N) is 2. The average Bonchev–Trinajstić information content (AvgIpc) is 2.71. The van der Waals surface area contributed by atoms with Gasteiger partial charge in [0.05, 0.1) is 30.2 Å². The van der Waals surface area contributed by atoms with Crippen molar-refractivity contribution in [3.8, 4) is 5.75 Å². The van der Waals surface area contributed by atoms with E-state index in [1.54, 1.807) is 12.4 Å². The molecular formula is C20H21F3N2O4. The number of alkyl halides is 3. The van der Waals surface area contributed by atoms with Crippen LogP contribution >= 0.6 is 0 Å². The number of morpholine rings is 1. The van der Waals surface area contributed by atoms with E-state index < -0.39 is 17.7 Å². The maximum absolute atomic E-state index is 12.6. The number of benzene rings is 1. The Balaban J connectivity index is 1.58. The molecule has 2 aromatic rings. The predicted molar refractivity (Wildman–Crippen MR) is 98.8 cm³/mol. The van der Waals surface area contributed by atoms with Gasteiger partial charge in [-0.15, -0.1) is 0 Å². The molecule has 1 aliphatic rings. The van der Waals surface area contributed by atoms with E-state index in [-0.39, 0.29) is 19.1 Å². The third-order valence-electron chi connectivity index (χ3n) is 4.55. The molecule has 6 nitrogen and oxygen atoms in total. The number of carboxylic acid groups (broad SMARTS) is 1. The Morgan fingerprint density at radius 2 is 2.03 bits per heavy atom. The highest BCUT2D eigenvalue weighted by Crippen LogP contribution is 2.30. The van der Waals surface area contributed by atoms with E-state index in [1.165, 1.54) is 12.1 Å². The van der Waals surface area contributed by atoms with Crippen LogP contribution in [0, 0.1) is 0 Å². The zero-order chi connectivity index (χ0) is 20.9. The first-order valence-corrected chi connectivity index (χ1v) is 9.13. The number of hydrogen-bond donors (Lipinski definition) is 1. The van der Waals surface area contributed by atoms with Crippen LogP contribution in [0.15, 0.2) is 42.7 Å². The Hall–Kier alpha value is -2.81. The van der Waals surface area contributed by atoms with Crippen molar-refractivity contribution in [3.63, 3.8) is 0 Å². The Bertz CT molecular complexity index is 827. The Labute approximate surface area is 165 Å². The topological polar surface area (TPSA) is 71.9 Å². The first-order valence-electron chi connectivity index (χ1n) is 9.13. The second-order valence-electron chi connectivity index (χ2n) is 6.73. The van der Waals surface area contributed by atoms with Gasteiger partial charge in [-0.2, -0.15) is 13.2 Å². The van der Waals surface area contributed by atoms with Gasteiger partial charge >= 0.3 is 12.1 Å². The number of aliphatic carboxylic acids is 1. The van der Waals surface area contributed by atoms with E-state index in [4.69, 9.17) is 14.6 Å². The molecule has 1 aromatic heterocycles.